The summed E-state index contributed by atoms with van der Waals surface area (Å²) in [7, 11) is -1.82. The predicted molar refractivity (Wildman–Crippen MR) is 110 cm³/mol. The van der Waals surface area contributed by atoms with Crippen molar-refractivity contribution >= 4 is 56.0 Å². The molecule has 0 aliphatic carbocycles. The van der Waals surface area contributed by atoms with E-state index in [-0.39, 0.29) is 16.6 Å². The first-order valence-electron chi connectivity index (χ1n) is 7.95. The molecule has 1 aromatic heterocycles. The molecule has 8 heteroatoms. The minimum atomic E-state index is -3.49. The minimum absolute atomic E-state index is 0.139. The normalized spacial score (nSPS) is 14.3. The molecule has 3 aromatic rings. The van der Waals surface area contributed by atoms with Gasteiger partial charge in [-0.25, -0.2) is 8.42 Å². The van der Waals surface area contributed by atoms with Crippen LogP contribution in [0.1, 0.15) is 15.2 Å². The van der Waals surface area contributed by atoms with E-state index in [1.54, 1.807) is 49.5 Å². The summed E-state index contributed by atoms with van der Waals surface area (Å²) in [6, 6.07) is 13.5. The summed E-state index contributed by atoms with van der Waals surface area (Å²) in [5, 5.41) is 0.906. The van der Waals surface area contributed by atoms with Crippen molar-refractivity contribution in [3.8, 4) is 10.4 Å². The van der Waals surface area contributed by atoms with Crippen LogP contribution in [0, 0.1) is 0 Å². The molecular formula is C19H13Cl2NO3S2. The Kier molecular flexibility index (Phi) is 4.55. The molecule has 1 aliphatic heterocycles. The summed E-state index contributed by atoms with van der Waals surface area (Å²) in [4.78, 5) is 15.9. The molecule has 1 amide bonds. The second-order valence-corrected chi connectivity index (χ2v) is 10.1. The largest absolute Gasteiger partial charge is 0.311 e. The lowest BCUT2D eigenvalue weighted by Crippen LogP contribution is -2.25. The monoisotopic (exact) mass is 437 g/mol. The van der Waals surface area contributed by atoms with Crippen LogP contribution in [0.3, 0.4) is 0 Å². The Bertz CT molecular complexity index is 1190. The van der Waals surface area contributed by atoms with E-state index in [2.05, 4.69) is 0 Å². The number of thiophene rings is 1. The SMILES string of the molecule is CN(C(=O)c1cc2c(s1)-c1ccc(Cl)cc1S(=O)(=O)C2)c1cccc(Cl)c1. The molecule has 0 spiro atoms. The fraction of sp³-hybridized carbons (Fsp3) is 0.105. The molecule has 4 nitrogen and oxygen atoms in total. The summed E-state index contributed by atoms with van der Waals surface area (Å²) < 4.78 is 25.2. The van der Waals surface area contributed by atoms with Gasteiger partial charge in [0.05, 0.1) is 15.5 Å². The van der Waals surface area contributed by atoms with Gasteiger partial charge in [-0.05, 0) is 42.0 Å². The summed E-state index contributed by atoms with van der Waals surface area (Å²) in [6.45, 7) is 0. The van der Waals surface area contributed by atoms with E-state index < -0.39 is 9.84 Å². The van der Waals surface area contributed by atoms with Crippen molar-refractivity contribution in [1.29, 1.82) is 0 Å². The first-order valence-corrected chi connectivity index (χ1v) is 11.2. The fourth-order valence-electron chi connectivity index (χ4n) is 3.06. The van der Waals surface area contributed by atoms with Gasteiger partial charge in [0, 0.05) is 33.2 Å². The van der Waals surface area contributed by atoms with E-state index >= 15 is 0 Å². The number of sulfone groups is 1. The molecular weight excluding hydrogens is 425 g/mol. The van der Waals surface area contributed by atoms with E-state index in [4.69, 9.17) is 23.2 Å². The molecule has 0 bridgehead atoms. The van der Waals surface area contributed by atoms with Crippen LogP contribution in [-0.4, -0.2) is 21.4 Å². The third-order valence-corrected chi connectivity index (χ3v) is 7.76. The van der Waals surface area contributed by atoms with E-state index in [0.717, 1.165) is 4.88 Å². The van der Waals surface area contributed by atoms with Gasteiger partial charge in [0.1, 0.15) is 0 Å². The van der Waals surface area contributed by atoms with Crippen molar-refractivity contribution in [2.24, 2.45) is 0 Å². The number of benzene rings is 2. The third kappa shape index (κ3) is 3.27. The second kappa shape index (κ2) is 6.63. The average molecular weight is 438 g/mol. The number of amides is 1. The maximum absolute atomic E-state index is 12.9. The topological polar surface area (TPSA) is 54.5 Å². The summed E-state index contributed by atoms with van der Waals surface area (Å²) in [5.74, 6) is -0.357. The molecule has 0 unspecified atom stereocenters. The standard InChI is InChI=1S/C19H13Cl2NO3S2/c1-22(14-4-2-3-12(20)8-14)19(23)16-7-11-10-27(24,25)17-9-13(21)5-6-15(17)18(11)26-16/h2-9H,10H2,1H3. The lowest BCUT2D eigenvalue weighted by Gasteiger charge is -2.16. The number of rotatable bonds is 2. The van der Waals surface area contributed by atoms with E-state index in [1.165, 1.54) is 22.3 Å². The molecule has 1 aliphatic rings. The smallest absolute Gasteiger partial charge is 0.268 e. The number of carbonyl (C=O) groups excluding carboxylic acids is 1. The van der Waals surface area contributed by atoms with Crippen molar-refractivity contribution in [2.45, 2.75) is 10.6 Å². The molecule has 2 aromatic carbocycles. The Balaban J connectivity index is 1.77. The van der Waals surface area contributed by atoms with Gasteiger partial charge in [-0.1, -0.05) is 35.3 Å². The molecule has 27 heavy (non-hydrogen) atoms. The highest BCUT2D eigenvalue weighted by Crippen LogP contribution is 2.44. The zero-order chi connectivity index (χ0) is 19.3. The van der Waals surface area contributed by atoms with Crippen LogP contribution in [0.4, 0.5) is 5.69 Å². The Morgan fingerprint density at radius 2 is 1.81 bits per heavy atom. The van der Waals surface area contributed by atoms with Crippen molar-refractivity contribution in [1.82, 2.24) is 0 Å². The summed E-state index contributed by atoms with van der Waals surface area (Å²) in [6.07, 6.45) is 0. The number of halogens is 2. The Hall–Kier alpha value is -1.86. The molecule has 0 N–H and O–H groups in total. The summed E-state index contributed by atoms with van der Waals surface area (Å²) >= 11 is 13.3. The highest BCUT2D eigenvalue weighted by Gasteiger charge is 2.31. The molecule has 0 fully saturated rings. The van der Waals surface area contributed by atoms with Crippen LogP contribution in [0.2, 0.25) is 10.0 Å². The minimum Gasteiger partial charge on any atom is -0.311 e. The van der Waals surface area contributed by atoms with Crippen molar-refractivity contribution in [3.05, 3.63) is 69.0 Å². The van der Waals surface area contributed by atoms with Crippen LogP contribution in [-0.2, 0) is 15.6 Å². The van der Waals surface area contributed by atoms with Gasteiger partial charge < -0.3 is 4.90 Å². The Morgan fingerprint density at radius 1 is 1.07 bits per heavy atom. The van der Waals surface area contributed by atoms with Gasteiger partial charge in [-0.15, -0.1) is 11.3 Å². The first kappa shape index (κ1) is 18.5. The number of hydrogen-bond acceptors (Lipinski definition) is 4. The maximum atomic E-state index is 12.9. The lowest BCUT2D eigenvalue weighted by molar-refractivity contribution is 0.0997. The molecule has 138 valence electrons. The van der Waals surface area contributed by atoms with E-state index in [0.29, 0.717) is 31.7 Å². The van der Waals surface area contributed by atoms with Crippen LogP contribution in [0.25, 0.3) is 10.4 Å². The van der Waals surface area contributed by atoms with Gasteiger partial charge in [0.15, 0.2) is 9.84 Å². The fourth-order valence-corrected chi connectivity index (χ4v) is 6.44. The quantitative estimate of drug-likeness (QED) is 0.547. The van der Waals surface area contributed by atoms with Crippen molar-refractivity contribution in [2.75, 3.05) is 11.9 Å². The number of hydrogen-bond donors (Lipinski definition) is 0. The molecule has 0 saturated heterocycles. The first-order chi connectivity index (χ1) is 12.8. The van der Waals surface area contributed by atoms with Gasteiger partial charge >= 0.3 is 0 Å². The Labute approximate surface area is 170 Å². The van der Waals surface area contributed by atoms with E-state index in [1.807, 2.05) is 0 Å². The summed E-state index contributed by atoms with van der Waals surface area (Å²) in [5.41, 5.74) is 1.89. The number of carbonyl (C=O) groups is 1. The predicted octanol–water partition coefficient (Wildman–Crippen LogP) is 5.29. The number of anilines is 1. The molecule has 0 atom stereocenters. The van der Waals surface area contributed by atoms with Crippen molar-refractivity contribution in [3.63, 3.8) is 0 Å². The zero-order valence-electron chi connectivity index (χ0n) is 14.1. The van der Waals surface area contributed by atoms with Crippen LogP contribution in [0.15, 0.2) is 53.4 Å². The van der Waals surface area contributed by atoms with E-state index in [9.17, 15) is 13.2 Å². The van der Waals surface area contributed by atoms with Crippen LogP contribution in [0.5, 0.6) is 0 Å². The second-order valence-electron chi connectivity index (χ2n) is 6.21. The maximum Gasteiger partial charge on any atom is 0.268 e. The van der Waals surface area contributed by atoms with Gasteiger partial charge in [-0.3, -0.25) is 4.79 Å². The van der Waals surface area contributed by atoms with Crippen LogP contribution < -0.4 is 4.90 Å². The third-order valence-electron chi connectivity index (χ3n) is 4.39. The highest BCUT2D eigenvalue weighted by molar-refractivity contribution is 7.91. The number of nitrogens with zero attached hydrogens (tertiary/aromatic N) is 1. The molecule has 2 heterocycles. The Morgan fingerprint density at radius 3 is 2.56 bits per heavy atom. The van der Waals surface area contributed by atoms with Crippen LogP contribution >= 0.6 is 34.5 Å². The average Bonchev–Trinajstić information content (AvgIpc) is 3.03. The number of fused-ring (bicyclic) bond motifs is 3. The molecule has 0 saturated carbocycles. The zero-order valence-corrected chi connectivity index (χ0v) is 17.2. The van der Waals surface area contributed by atoms with Gasteiger partial charge in [0.2, 0.25) is 0 Å². The molecule has 4 rings (SSSR count). The molecule has 0 radical (unpaired) electrons. The van der Waals surface area contributed by atoms with Crippen molar-refractivity contribution < 1.29 is 13.2 Å². The highest BCUT2D eigenvalue weighted by atomic mass is 35.5. The van der Waals surface area contributed by atoms with Gasteiger partial charge in [0.25, 0.3) is 5.91 Å². The lowest BCUT2D eigenvalue weighted by atomic mass is 10.1. The van der Waals surface area contributed by atoms with Gasteiger partial charge in [-0.2, -0.15) is 0 Å².